The number of anilines is 2. The van der Waals surface area contributed by atoms with Gasteiger partial charge in [0.05, 0.1) is 16.9 Å². The van der Waals surface area contributed by atoms with Gasteiger partial charge in [0.1, 0.15) is 5.82 Å². The molecule has 0 bridgehead atoms. The maximum absolute atomic E-state index is 13.7. The molecule has 124 valence electrons. The zero-order chi connectivity index (χ0) is 17.3. The van der Waals surface area contributed by atoms with Crippen LogP contribution < -0.4 is 10.2 Å². The highest BCUT2D eigenvalue weighted by atomic mass is 79.9. The van der Waals surface area contributed by atoms with E-state index in [2.05, 4.69) is 21.2 Å². The summed E-state index contributed by atoms with van der Waals surface area (Å²) in [7, 11) is 0. The highest BCUT2D eigenvalue weighted by Gasteiger charge is 2.33. The Labute approximate surface area is 147 Å². The topological polar surface area (TPSA) is 49.4 Å². The predicted octanol–water partition coefficient (Wildman–Crippen LogP) is 4.36. The van der Waals surface area contributed by atoms with Crippen molar-refractivity contribution in [2.75, 3.05) is 10.2 Å². The van der Waals surface area contributed by atoms with Gasteiger partial charge in [-0.3, -0.25) is 9.59 Å². The van der Waals surface area contributed by atoms with Gasteiger partial charge in [-0.05, 0) is 59.1 Å². The number of nitrogens with zero attached hydrogens (tertiary/aromatic N) is 1. The maximum Gasteiger partial charge on any atom is 0.256 e. The molecular formula is C18H16BrFN2O2. The molecule has 1 N–H and O–H groups in total. The number of carbonyl (C=O) groups excluding carboxylic acids is 2. The lowest BCUT2D eigenvalue weighted by Gasteiger charge is -2.24. The Balaban J connectivity index is 1.95. The number of halogens is 2. The second kappa shape index (κ2) is 6.73. The van der Waals surface area contributed by atoms with Gasteiger partial charge in [0.15, 0.2) is 0 Å². The van der Waals surface area contributed by atoms with E-state index >= 15 is 0 Å². The molecule has 2 amide bonds. The molecule has 2 aromatic carbocycles. The molecule has 6 heteroatoms. The Morgan fingerprint density at radius 1 is 1.21 bits per heavy atom. The largest absolute Gasteiger partial charge is 0.320 e. The summed E-state index contributed by atoms with van der Waals surface area (Å²) >= 11 is 3.33. The number of hydrogen-bond acceptors (Lipinski definition) is 2. The van der Waals surface area contributed by atoms with Crippen molar-refractivity contribution in [1.29, 1.82) is 0 Å². The summed E-state index contributed by atoms with van der Waals surface area (Å²) in [6.45, 7) is 1.47. The summed E-state index contributed by atoms with van der Waals surface area (Å²) in [4.78, 5) is 26.1. The van der Waals surface area contributed by atoms with E-state index < -0.39 is 5.82 Å². The van der Waals surface area contributed by atoms with Crippen molar-refractivity contribution in [1.82, 2.24) is 0 Å². The Morgan fingerprint density at radius 2 is 1.92 bits per heavy atom. The highest BCUT2D eigenvalue weighted by Crippen LogP contribution is 2.36. The molecule has 24 heavy (non-hydrogen) atoms. The molecule has 0 aliphatic heterocycles. The van der Waals surface area contributed by atoms with Gasteiger partial charge >= 0.3 is 0 Å². The van der Waals surface area contributed by atoms with E-state index in [0.29, 0.717) is 15.7 Å². The zero-order valence-corrected chi connectivity index (χ0v) is 14.6. The van der Waals surface area contributed by atoms with E-state index in [9.17, 15) is 14.0 Å². The first kappa shape index (κ1) is 16.6. The number of carbonyl (C=O) groups is 2. The lowest BCUT2D eigenvalue weighted by atomic mass is 10.2. The minimum absolute atomic E-state index is 0.118. The average Bonchev–Trinajstić information content (AvgIpc) is 3.34. The lowest BCUT2D eigenvalue weighted by Crippen LogP contribution is -2.31. The molecule has 2 aromatic rings. The van der Waals surface area contributed by atoms with Crippen molar-refractivity contribution < 1.29 is 14.0 Å². The van der Waals surface area contributed by atoms with Gasteiger partial charge in [-0.1, -0.05) is 12.1 Å². The minimum atomic E-state index is -0.472. The number of amides is 2. The van der Waals surface area contributed by atoms with Crippen LogP contribution in [-0.4, -0.2) is 17.9 Å². The van der Waals surface area contributed by atoms with Crippen molar-refractivity contribution in [3.63, 3.8) is 0 Å². The van der Waals surface area contributed by atoms with Gasteiger partial charge in [-0.2, -0.15) is 0 Å². The summed E-state index contributed by atoms with van der Waals surface area (Å²) < 4.78 is 14.3. The molecule has 0 radical (unpaired) electrons. The molecule has 1 aliphatic rings. The summed E-state index contributed by atoms with van der Waals surface area (Å²) in [5.41, 5.74) is 1.25. The van der Waals surface area contributed by atoms with Crippen LogP contribution in [0, 0.1) is 5.82 Å². The molecule has 0 aromatic heterocycles. The first-order valence-corrected chi connectivity index (χ1v) is 8.42. The van der Waals surface area contributed by atoms with Crippen molar-refractivity contribution >= 4 is 39.1 Å². The summed E-state index contributed by atoms with van der Waals surface area (Å²) in [6, 6.07) is 11.2. The van der Waals surface area contributed by atoms with E-state index in [1.54, 1.807) is 29.2 Å². The molecule has 1 fully saturated rings. The van der Waals surface area contributed by atoms with E-state index in [4.69, 9.17) is 0 Å². The van der Waals surface area contributed by atoms with Crippen LogP contribution >= 0.6 is 15.9 Å². The molecule has 0 atom stereocenters. The zero-order valence-electron chi connectivity index (χ0n) is 13.1. The van der Waals surface area contributed by atoms with Crippen molar-refractivity contribution in [2.24, 2.45) is 0 Å². The second-order valence-electron chi connectivity index (χ2n) is 5.72. The van der Waals surface area contributed by atoms with Crippen LogP contribution in [0.3, 0.4) is 0 Å². The van der Waals surface area contributed by atoms with E-state index in [1.165, 1.54) is 25.1 Å². The molecule has 0 unspecified atom stereocenters. The second-order valence-corrected chi connectivity index (χ2v) is 6.57. The quantitative estimate of drug-likeness (QED) is 0.842. The van der Waals surface area contributed by atoms with Crippen molar-refractivity contribution in [3.05, 3.63) is 58.3 Å². The Bertz CT molecular complexity index is 805. The molecule has 3 rings (SSSR count). The van der Waals surface area contributed by atoms with Gasteiger partial charge < -0.3 is 10.2 Å². The fourth-order valence-electron chi connectivity index (χ4n) is 2.61. The Kier molecular flexibility index (Phi) is 4.66. The monoisotopic (exact) mass is 390 g/mol. The third kappa shape index (κ3) is 3.48. The molecular weight excluding hydrogens is 375 g/mol. The van der Waals surface area contributed by atoms with E-state index in [0.717, 1.165) is 12.8 Å². The summed E-state index contributed by atoms with van der Waals surface area (Å²) in [5.74, 6) is -0.963. The lowest BCUT2D eigenvalue weighted by molar-refractivity contribution is -0.116. The molecule has 0 heterocycles. The highest BCUT2D eigenvalue weighted by molar-refractivity contribution is 9.10. The van der Waals surface area contributed by atoms with Gasteiger partial charge in [0.25, 0.3) is 5.91 Å². The third-order valence-corrected chi connectivity index (χ3v) is 4.53. The predicted molar refractivity (Wildman–Crippen MR) is 94.7 cm³/mol. The van der Waals surface area contributed by atoms with Crippen LogP contribution in [-0.2, 0) is 4.79 Å². The molecule has 1 aliphatic carbocycles. The van der Waals surface area contributed by atoms with Crippen LogP contribution in [0.5, 0.6) is 0 Å². The third-order valence-electron chi connectivity index (χ3n) is 3.84. The molecule has 1 saturated carbocycles. The van der Waals surface area contributed by atoms with Crippen molar-refractivity contribution in [3.8, 4) is 0 Å². The van der Waals surface area contributed by atoms with Crippen LogP contribution in [0.1, 0.15) is 30.1 Å². The minimum Gasteiger partial charge on any atom is -0.320 e. The first-order valence-electron chi connectivity index (χ1n) is 7.62. The van der Waals surface area contributed by atoms with Gasteiger partial charge in [-0.15, -0.1) is 0 Å². The number of benzene rings is 2. The number of hydrogen-bond donors (Lipinski definition) is 1. The fraction of sp³-hybridized carbons (Fsp3) is 0.222. The average molecular weight is 391 g/mol. The number of nitrogens with one attached hydrogen (secondary N) is 1. The van der Waals surface area contributed by atoms with Gasteiger partial charge in [0.2, 0.25) is 5.91 Å². The van der Waals surface area contributed by atoms with Crippen LogP contribution in [0.15, 0.2) is 46.9 Å². The standard InChI is InChI=1S/C18H16BrFN2O2/c1-11(23)22(13-7-8-13)17-9-6-12(20)10-16(17)21-18(24)14-4-2-3-5-15(14)19/h2-6,9-10,13H,7-8H2,1H3,(H,21,24). The van der Waals surface area contributed by atoms with E-state index in [1.807, 2.05) is 0 Å². The van der Waals surface area contributed by atoms with Crippen molar-refractivity contribution in [2.45, 2.75) is 25.8 Å². The van der Waals surface area contributed by atoms with E-state index in [-0.39, 0.29) is 23.5 Å². The van der Waals surface area contributed by atoms with Gasteiger partial charge in [0, 0.05) is 17.4 Å². The molecule has 4 nitrogen and oxygen atoms in total. The smallest absolute Gasteiger partial charge is 0.256 e. The van der Waals surface area contributed by atoms with Crippen LogP contribution in [0.25, 0.3) is 0 Å². The molecule has 0 saturated heterocycles. The Morgan fingerprint density at radius 3 is 2.54 bits per heavy atom. The normalized spacial score (nSPS) is 13.5. The van der Waals surface area contributed by atoms with Gasteiger partial charge in [-0.25, -0.2) is 4.39 Å². The number of rotatable bonds is 4. The SMILES string of the molecule is CC(=O)N(c1ccc(F)cc1NC(=O)c1ccccc1Br)C1CC1. The fourth-order valence-corrected chi connectivity index (χ4v) is 3.07. The Hall–Kier alpha value is -2.21. The molecule has 0 spiro atoms. The maximum atomic E-state index is 13.7. The van der Waals surface area contributed by atoms with Crippen LogP contribution in [0.4, 0.5) is 15.8 Å². The summed E-state index contributed by atoms with van der Waals surface area (Å²) in [5, 5.41) is 2.72. The summed E-state index contributed by atoms with van der Waals surface area (Å²) in [6.07, 6.45) is 1.82. The first-order chi connectivity index (χ1) is 11.5. The van der Waals surface area contributed by atoms with Crippen LogP contribution in [0.2, 0.25) is 0 Å².